The minimum atomic E-state index is 0.448. The second kappa shape index (κ2) is 4.79. The van der Waals surface area contributed by atoms with Crippen molar-refractivity contribution in [1.29, 1.82) is 0 Å². The fourth-order valence-electron chi connectivity index (χ4n) is 3.70. The predicted molar refractivity (Wildman–Crippen MR) is 81.5 cm³/mol. The van der Waals surface area contributed by atoms with Gasteiger partial charge in [-0.3, -0.25) is 9.25 Å². The standard InChI is InChI=1S/C15H25N5/c1-5-11-13-14(19(4)18-11)20(15(16)17-13)12-8-6-7-9(2)10(12)3/h9-10,12H,5-8H2,1-4H3,(H2,16,17). The summed E-state index contributed by atoms with van der Waals surface area (Å²) in [6.07, 6.45) is 4.67. The van der Waals surface area contributed by atoms with Crippen molar-refractivity contribution in [3.8, 4) is 0 Å². The molecule has 2 aromatic heterocycles. The Bertz CT molecular complexity index is 624. The first-order valence-electron chi connectivity index (χ1n) is 7.73. The molecule has 0 saturated heterocycles. The second-order valence-electron chi connectivity index (χ2n) is 6.27. The third-order valence-electron chi connectivity index (χ3n) is 5.09. The number of nitrogens with two attached hydrogens (primary N) is 1. The van der Waals surface area contributed by atoms with E-state index in [2.05, 4.69) is 35.4 Å². The number of anilines is 1. The van der Waals surface area contributed by atoms with Gasteiger partial charge in [-0.25, -0.2) is 4.98 Å². The first-order chi connectivity index (χ1) is 9.54. The van der Waals surface area contributed by atoms with Crippen molar-refractivity contribution in [3.63, 3.8) is 0 Å². The maximum absolute atomic E-state index is 6.24. The highest BCUT2D eigenvalue weighted by atomic mass is 15.4. The van der Waals surface area contributed by atoms with Gasteiger partial charge in [-0.2, -0.15) is 5.10 Å². The predicted octanol–water partition coefficient (Wildman–Crippen LogP) is 2.91. The molecule has 0 aliphatic heterocycles. The summed E-state index contributed by atoms with van der Waals surface area (Å²) in [4.78, 5) is 4.60. The van der Waals surface area contributed by atoms with Crippen molar-refractivity contribution in [2.45, 2.75) is 52.5 Å². The lowest BCUT2D eigenvalue weighted by Gasteiger charge is -2.35. The molecule has 5 nitrogen and oxygen atoms in total. The summed E-state index contributed by atoms with van der Waals surface area (Å²) < 4.78 is 4.19. The second-order valence-corrected chi connectivity index (χ2v) is 6.27. The maximum atomic E-state index is 6.24. The average molecular weight is 275 g/mol. The zero-order valence-corrected chi connectivity index (χ0v) is 12.9. The van der Waals surface area contributed by atoms with Gasteiger partial charge in [-0.1, -0.05) is 33.6 Å². The summed E-state index contributed by atoms with van der Waals surface area (Å²) in [6, 6.07) is 0.448. The molecule has 1 fully saturated rings. The van der Waals surface area contributed by atoms with Gasteiger partial charge in [0.1, 0.15) is 5.52 Å². The molecule has 2 aromatic rings. The van der Waals surface area contributed by atoms with E-state index in [4.69, 9.17) is 5.73 Å². The molecule has 3 unspecified atom stereocenters. The highest BCUT2D eigenvalue weighted by molar-refractivity contribution is 5.78. The molecular weight excluding hydrogens is 250 g/mol. The number of fused-ring (bicyclic) bond motifs is 1. The van der Waals surface area contributed by atoms with Crippen LogP contribution in [0.3, 0.4) is 0 Å². The SMILES string of the molecule is CCc1nn(C)c2c1nc(N)n2C1CCCC(C)C1C. The molecule has 2 N–H and O–H groups in total. The molecule has 0 amide bonds. The van der Waals surface area contributed by atoms with Crippen molar-refractivity contribution in [3.05, 3.63) is 5.69 Å². The molecule has 20 heavy (non-hydrogen) atoms. The zero-order chi connectivity index (χ0) is 14.4. The van der Waals surface area contributed by atoms with Gasteiger partial charge in [0.05, 0.1) is 5.69 Å². The molecule has 2 heterocycles. The van der Waals surface area contributed by atoms with E-state index < -0.39 is 0 Å². The molecule has 1 saturated carbocycles. The van der Waals surface area contributed by atoms with E-state index in [9.17, 15) is 0 Å². The molecule has 0 aromatic carbocycles. The van der Waals surface area contributed by atoms with Crippen LogP contribution in [0.15, 0.2) is 0 Å². The third-order valence-corrected chi connectivity index (χ3v) is 5.09. The van der Waals surface area contributed by atoms with Gasteiger partial charge in [0, 0.05) is 13.1 Å². The number of nitrogens with zero attached hydrogens (tertiary/aromatic N) is 4. The number of nitrogen functional groups attached to an aromatic ring is 1. The molecule has 3 atom stereocenters. The fraction of sp³-hybridized carbons (Fsp3) is 0.733. The molecule has 0 bridgehead atoms. The average Bonchev–Trinajstić information content (AvgIpc) is 2.90. The molecule has 1 aliphatic carbocycles. The lowest BCUT2D eigenvalue weighted by Crippen LogP contribution is -2.28. The number of hydrogen-bond acceptors (Lipinski definition) is 3. The van der Waals surface area contributed by atoms with Crippen molar-refractivity contribution < 1.29 is 0 Å². The molecular formula is C15H25N5. The van der Waals surface area contributed by atoms with E-state index in [1.54, 1.807) is 0 Å². The Morgan fingerprint density at radius 2 is 2.05 bits per heavy atom. The Balaban J connectivity index is 2.15. The number of rotatable bonds is 2. The number of aromatic nitrogens is 4. The van der Waals surface area contributed by atoms with Gasteiger partial charge < -0.3 is 5.73 Å². The normalized spacial score (nSPS) is 27.3. The summed E-state index contributed by atoms with van der Waals surface area (Å²) >= 11 is 0. The van der Waals surface area contributed by atoms with Crippen molar-refractivity contribution in [1.82, 2.24) is 19.3 Å². The maximum Gasteiger partial charge on any atom is 0.202 e. The van der Waals surface area contributed by atoms with Crippen LogP contribution in [0.5, 0.6) is 0 Å². The Labute approximate surface area is 120 Å². The van der Waals surface area contributed by atoms with Crippen LogP contribution in [0.2, 0.25) is 0 Å². The largest absolute Gasteiger partial charge is 0.369 e. The van der Waals surface area contributed by atoms with E-state index in [1.165, 1.54) is 19.3 Å². The van der Waals surface area contributed by atoms with Gasteiger partial charge in [0.25, 0.3) is 0 Å². The van der Waals surface area contributed by atoms with Gasteiger partial charge in [0.2, 0.25) is 5.95 Å². The van der Waals surface area contributed by atoms with Gasteiger partial charge in [0.15, 0.2) is 5.65 Å². The quantitative estimate of drug-likeness (QED) is 0.916. The summed E-state index contributed by atoms with van der Waals surface area (Å²) in [5.74, 6) is 2.02. The number of imidazole rings is 1. The molecule has 110 valence electrons. The Kier molecular flexibility index (Phi) is 3.22. The number of hydrogen-bond donors (Lipinski definition) is 1. The summed E-state index contributed by atoms with van der Waals surface area (Å²) in [5.41, 5.74) is 9.36. The lowest BCUT2D eigenvalue weighted by atomic mass is 9.78. The van der Waals surface area contributed by atoms with Crippen molar-refractivity contribution in [2.24, 2.45) is 18.9 Å². The summed E-state index contributed by atoms with van der Waals surface area (Å²) in [6.45, 7) is 6.81. The Morgan fingerprint density at radius 3 is 2.75 bits per heavy atom. The summed E-state index contributed by atoms with van der Waals surface area (Å²) in [5, 5.41) is 4.59. The van der Waals surface area contributed by atoms with Crippen LogP contribution in [-0.4, -0.2) is 19.3 Å². The molecule has 0 spiro atoms. The summed E-state index contributed by atoms with van der Waals surface area (Å²) in [7, 11) is 2.00. The minimum Gasteiger partial charge on any atom is -0.369 e. The fourth-order valence-corrected chi connectivity index (χ4v) is 3.70. The van der Waals surface area contributed by atoms with E-state index >= 15 is 0 Å². The van der Waals surface area contributed by atoms with Gasteiger partial charge in [-0.15, -0.1) is 0 Å². The monoisotopic (exact) mass is 275 g/mol. The van der Waals surface area contributed by atoms with Crippen LogP contribution < -0.4 is 5.73 Å². The van der Waals surface area contributed by atoms with Crippen LogP contribution in [0.25, 0.3) is 11.2 Å². The number of aryl methyl sites for hydroxylation is 2. The topological polar surface area (TPSA) is 61.7 Å². The molecule has 5 heteroatoms. The Hall–Kier alpha value is -1.52. The zero-order valence-electron chi connectivity index (χ0n) is 12.9. The highest BCUT2D eigenvalue weighted by Crippen LogP contribution is 2.40. The first kappa shape index (κ1) is 13.5. The van der Waals surface area contributed by atoms with Crippen LogP contribution in [-0.2, 0) is 13.5 Å². The van der Waals surface area contributed by atoms with Crippen LogP contribution in [0, 0.1) is 11.8 Å². The van der Waals surface area contributed by atoms with Gasteiger partial charge >= 0.3 is 0 Å². The Morgan fingerprint density at radius 1 is 1.30 bits per heavy atom. The van der Waals surface area contributed by atoms with Gasteiger partial charge in [-0.05, 0) is 24.7 Å². The van der Waals surface area contributed by atoms with E-state index in [0.29, 0.717) is 17.9 Å². The highest BCUT2D eigenvalue weighted by Gasteiger charge is 2.32. The molecule has 3 rings (SSSR count). The van der Waals surface area contributed by atoms with Crippen LogP contribution >= 0.6 is 0 Å². The third kappa shape index (κ3) is 1.83. The van der Waals surface area contributed by atoms with E-state index in [-0.39, 0.29) is 0 Å². The smallest absolute Gasteiger partial charge is 0.202 e. The van der Waals surface area contributed by atoms with Crippen LogP contribution in [0.4, 0.5) is 5.95 Å². The van der Waals surface area contributed by atoms with Crippen LogP contribution in [0.1, 0.15) is 51.8 Å². The van der Waals surface area contributed by atoms with Crippen molar-refractivity contribution in [2.75, 3.05) is 5.73 Å². The van der Waals surface area contributed by atoms with E-state index in [0.717, 1.165) is 29.2 Å². The minimum absolute atomic E-state index is 0.448. The first-order valence-corrected chi connectivity index (χ1v) is 7.73. The molecule has 1 aliphatic rings. The molecule has 0 radical (unpaired) electrons. The van der Waals surface area contributed by atoms with E-state index in [1.807, 2.05) is 11.7 Å². The van der Waals surface area contributed by atoms with Crippen molar-refractivity contribution >= 4 is 17.1 Å². The lowest BCUT2D eigenvalue weighted by molar-refractivity contribution is 0.190.